The lowest BCUT2D eigenvalue weighted by molar-refractivity contribution is -0.134. The van der Waals surface area contributed by atoms with Crippen LogP contribution in [0.1, 0.15) is 55.8 Å². The molecule has 0 saturated carbocycles. The van der Waals surface area contributed by atoms with Gasteiger partial charge in [0.15, 0.2) is 17.3 Å². The molecule has 2 fully saturated rings. The Morgan fingerprint density at radius 1 is 1.07 bits per heavy atom. The molecule has 1 aromatic rings. The van der Waals surface area contributed by atoms with Gasteiger partial charge >= 0.3 is 0 Å². The van der Waals surface area contributed by atoms with Gasteiger partial charge in [0.2, 0.25) is 18.6 Å². The molecule has 2 saturated heterocycles. The molecular weight excluding hydrogens is 388 g/mol. The molecule has 0 aliphatic carbocycles. The maximum Gasteiger partial charge on any atom is 0.231 e. The molecule has 8 heteroatoms. The number of ether oxygens (including phenoxy) is 3. The van der Waals surface area contributed by atoms with Crippen molar-refractivity contribution in [3.05, 3.63) is 17.7 Å². The minimum absolute atomic E-state index is 0.0678. The molecule has 8 nitrogen and oxygen atoms in total. The SMILES string of the molecule is CC(=O)c1cc2c(cc1NC(=O)CC1CCN(C(=O)CC3CCCO3)CC1)OCO2. The summed E-state index contributed by atoms with van der Waals surface area (Å²) in [5.41, 5.74) is 0.850. The minimum atomic E-state index is -0.151. The van der Waals surface area contributed by atoms with E-state index in [0.29, 0.717) is 48.7 Å². The number of fused-ring (bicyclic) bond motifs is 1. The Balaban J connectivity index is 1.28. The Labute approximate surface area is 175 Å². The number of carbonyl (C=O) groups is 3. The van der Waals surface area contributed by atoms with Crippen LogP contribution in [-0.2, 0) is 14.3 Å². The third-order valence-corrected chi connectivity index (χ3v) is 6.03. The van der Waals surface area contributed by atoms with Crippen molar-refractivity contribution in [3.8, 4) is 11.5 Å². The summed E-state index contributed by atoms with van der Waals surface area (Å²) >= 11 is 0. The van der Waals surface area contributed by atoms with Crippen molar-refractivity contribution < 1.29 is 28.6 Å². The first kappa shape index (κ1) is 20.7. The van der Waals surface area contributed by atoms with Crippen LogP contribution < -0.4 is 14.8 Å². The second-order valence-electron chi connectivity index (χ2n) is 8.22. The van der Waals surface area contributed by atoms with Crippen molar-refractivity contribution in [2.45, 2.75) is 51.6 Å². The number of hydrogen-bond donors (Lipinski definition) is 1. The van der Waals surface area contributed by atoms with E-state index in [1.54, 1.807) is 12.1 Å². The van der Waals surface area contributed by atoms with E-state index in [1.165, 1.54) is 6.92 Å². The van der Waals surface area contributed by atoms with Crippen LogP contribution in [0, 0.1) is 5.92 Å². The predicted molar refractivity (Wildman–Crippen MR) is 109 cm³/mol. The van der Waals surface area contributed by atoms with Crippen molar-refractivity contribution in [1.82, 2.24) is 4.90 Å². The molecule has 4 rings (SSSR count). The van der Waals surface area contributed by atoms with Crippen LogP contribution in [0.25, 0.3) is 0 Å². The number of likely N-dealkylation sites (tertiary alicyclic amines) is 1. The highest BCUT2D eigenvalue weighted by Crippen LogP contribution is 2.37. The molecule has 0 spiro atoms. The summed E-state index contributed by atoms with van der Waals surface area (Å²) in [7, 11) is 0. The van der Waals surface area contributed by atoms with E-state index >= 15 is 0 Å². The van der Waals surface area contributed by atoms with E-state index < -0.39 is 0 Å². The second-order valence-corrected chi connectivity index (χ2v) is 8.22. The van der Waals surface area contributed by atoms with Crippen LogP contribution in [0.5, 0.6) is 11.5 Å². The third kappa shape index (κ3) is 4.75. The quantitative estimate of drug-likeness (QED) is 0.717. The number of hydrogen-bond acceptors (Lipinski definition) is 6. The van der Waals surface area contributed by atoms with Crippen LogP contribution in [0.3, 0.4) is 0 Å². The Bertz CT molecular complexity index is 825. The number of piperidine rings is 1. The molecular formula is C22H28N2O6. The highest BCUT2D eigenvalue weighted by Gasteiger charge is 2.28. The molecule has 30 heavy (non-hydrogen) atoms. The lowest BCUT2D eigenvalue weighted by atomic mass is 9.92. The number of ketones is 1. The molecule has 3 aliphatic heterocycles. The molecule has 1 atom stereocenters. The summed E-state index contributed by atoms with van der Waals surface area (Å²) in [6, 6.07) is 3.25. The average Bonchev–Trinajstić information content (AvgIpc) is 3.39. The number of nitrogens with zero attached hydrogens (tertiary/aromatic N) is 1. The molecule has 0 radical (unpaired) electrons. The van der Waals surface area contributed by atoms with Crippen LogP contribution in [0.2, 0.25) is 0 Å². The second kappa shape index (κ2) is 9.04. The van der Waals surface area contributed by atoms with Gasteiger partial charge in [0, 0.05) is 37.7 Å². The maximum atomic E-state index is 12.6. The zero-order chi connectivity index (χ0) is 21.1. The highest BCUT2D eigenvalue weighted by molar-refractivity contribution is 6.04. The van der Waals surface area contributed by atoms with Gasteiger partial charge in [0.25, 0.3) is 0 Å². The Hall–Kier alpha value is -2.61. The van der Waals surface area contributed by atoms with Crippen LogP contribution >= 0.6 is 0 Å². The fourth-order valence-corrected chi connectivity index (χ4v) is 4.32. The molecule has 0 aromatic heterocycles. The molecule has 1 N–H and O–H groups in total. The van der Waals surface area contributed by atoms with Crippen LogP contribution in [0.15, 0.2) is 12.1 Å². The van der Waals surface area contributed by atoms with E-state index in [1.807, 2.05) is 4.90 Å². The van der Waals surface area contributed by atoms with E-state index in [4.69, 9.17) is 14.2 Å². The average molecular weight is 416 g/mol. The Morgan fingerprint density at radius 2 is 1.80 bits per heavy atom. The van der Waals surface area contributed by atoms with Gasteiger partial charge in [-0.1, -0.05) is 0 Å². The topological polar surface area (TPSA) is 94.2 Å². The fourth-order valence-electron chi connectivity index (χ4n) is 4.32. The van der Waals surface area contributed by atoms with Crippen molar-refractivity contribution in [2.24, 2.45) is 5.92 Å². The summed E-state index contributed by atoms with van der Waals surface area (Å²) in [6.45, 7) is 3.66. The van der Waals surface area contributed by atoms with Gasteiger partial charge in [0.1, 0.15) is 0 Å². The first-order valence-electron chi connectivity index (χ1n) is 10.6. The van der Waals surface area contributed by atoms with Gasteiger partial charge in [-0.2, -0.15) is 0 Å². The summed E-state index contributed by atoms with van der Waals surface area (Å²) in [5.74, 6) is 1.11. The van der Waals surface area contributed by atoms with Crippen molar-refractivity contribution in [3.63, 3.8) is 0 Å². The van der Waals surface area contributed by atoms with Gasteiger partial charge in [-0.05, 0) is 44.6 Å². The number of anilines is 1. The summed E-state index contributed by atoms with van der Waals surface area (Å²) < 4.78 is 16.2. The van der Waals surface area contributed by atoms with Crippen molar-refractivity contribution in [2.75, 3.05) is 31.8 Å². The van der Waals surface area contributed by atoms with Gasteiger partial charge in [-0.15, -0.1) is 0 Å². The molecule has 3 aliphatic rings. The number of rotatable bonds is 6. The van der Waals surface area contributed by atoms with Gasteiger partial charge < -0.3 is 24.4 Å². The lowest BCUT2D eigenvalue weighted by Gasteiger charge is -2.32. The fraction of sp³-hybridized carbons (Fsp3) is 0.591. The molecule has 1 aromatic carbocycles. The zero-order valence-electron chi connectivity index (χ0n) is 17.3. The number of Topliss-reactive ketones (excluding diaryl/α,β-unsaturated/α-hetero) is 1. The van der Waals surface area contributed by atoms with Crippen LogP contribution in [-0.4, -0.2) is 55.1 Å². The van der Waals surface area contributed by atoms with Gasteiger partial charge in [-0.3, -0.25) is 14.4 Å². The van der Waals surface area contributed by atoms with E-state index in [-0.39, 0.29) is 36.4 Å². The largest absolute Gasteiger partial charge is 0.454 e. The molecule has 0 bridgehead atoms. The van der Waals surface area contributed by atoms with E-state index in [2.05, 4.69) is 5.32 Å². The molecule has 1 unspecified atom stereocenters. The van der Waals surface area contributed by atoms with Crippen molar-refractivity contribution >= 4 is 23.3 Å². The number of carbonyl (C=O) groups excluding carboxylic acids is 3. The molecule has 162 valence electrons. The minimum Gasteiger partial charge on any atom is -0.454 e. The lowest BCUT2D eigenvalue weighted by Crippen LogP contribution is -2.40. The Kier molecular flexibility index (Phi) is 6.22. The zero-order valence-corrected chi connectivity index (χ0v) is 17.3. The van der Waals surface area contributed by atoms with E-state index in [0.717, 1.165) is 32.3 Å². The summed E-state index contributed by atoms with van der Waals surface area (Å²) in [4.78, 5) is 38.9. The first-order chi connectivity index (χ1) is 14.5. The summed E-state index contributed by atoms with van der Waals surface area (Å²) in [5, 5.41) is 2.86. The molecule has 2 amide bonds. The maximum absolute atomic E-state index is 12.6. The highest BCUT2D eigenvalue weighted by atomic mass is 16.7. The smallest absolute Gasteiger partial charge is 0.231 e. The summed E-state index contributed by atoms with van der Waals surface area (Å²) in [6.07, 6.45) is 4.48. The third-order valence-electron chi connectivity index (χ3n) is 6.03. The number of nitrogens with one attached hydrogen (secondary N) is 1. The van der Waals surface area contributed by atoms with Gasteiger partial charge in [-0.25, -0.2) is 0 Å². The van der Waals surface area contributed by atoms with Gasteiger partial charge in [0.05, 0.1) is 18.2 Å². The van der Waals surface area contributed by atoms with Crippen LogP contribution in [0.4, 0.5) is 5.69 Å². The predicted octanol–water partition coefficient (Wildman–Crippen LogP) is 2.75. The molecule has 3 heterocycles. The van der Waals surface area contributed by atoms with E-state index in [9.17, 15) is 14.4 Å². The first-order valence-corrected chi connectivity index (χ1v) is 10.6. The normalized spacial score (nSPS) is 21.0. The standard InChI is InChI=1S/C22H28N2O6/c1-14(25)17-11-19-20(30-13-29-19)12-18(17)23-21(26)9-15-4-6-24(7-5-15)22(27)10-16-3-2-8-28-16/h11-12,15-16H,2-10,13H2,1H3,(H,23,26). The van der Waals surface area contributed by atoms with Crippen molar-refractivity contribution in [1.29, 1.82) is 0 Å². The number of benzene rings is 1. The Morgan fingerprint density at radius 3 is 2.47 bits per heavy atom. The monoisotopic (exact) mass is 416 g/mol. The number of amides is 2.